The van der Waals surface area contributed by atoms with E-state index in [4.69, 9.17) is 4.84 Å². The number of nitrogens with zero attached hydrogens (tertiary/aromatic N) is 1. The van der Waals surface area contributed by atoms with Gasteiger partial charge in [0.1, 0.15) is 11.9 Å². The van der Waals surface area contributed by atoms with Crippen molar-refractivity contribution in [2.24, 2.45) is 5.92 Å². The van der Waals surface area contributed by atoms with Crippen LogP contribution in [-0.2, 0) is 9.63 Å². The van der Waals surface area contributed by atoms with Gasteiger partial charge in [0, 0.05) is 12.3 Å². The summed E-state index contributed by atoms with van der Waals surface area (Å²) in [5.41, 5.74) is 0.634. The highest BCUT2D eigenvalue weighted by molar-refractivity contribution is 5.84. The second-order valence-corrected chi connectivity index (χ2v) is 7.38. The van der Waals surface area contributed by atoms with Crippen molar-refractivity contribution in [2.45, 2.75) is 78.0 Å². The van der Waals surface area contributed by atoms with Crippen LogP contribution in [0.5, 0.6) is 0 Å². The van der Waals surface area contributed by atoms with Crippen LogP contribution in [0.15, 0.2) is 30.3 Å². The van der Waals surface area contributed by atoms with E-state index in [0.29, 0.717) is 12.2 Å². The fourth-order valence-electron chi connectivity index (χ4n) is 3.65. The number of piperidine rings is 1. The molecule has 0 radical (unpaired) electrons. The first-order chi connectivity index (χ1) is 10.8. The Balaban J connectivity index is 2.35. The molecule has 23 heavy (non-hydrogen) atoms. The molecule has 1 aliphatic rings. The summed E-state index contributed by atoms with van der Waals surface area (Å²) in [4.78, 5) is 19.1. The van der Waals surface area contributed by atoms with Gasteiger partial charge in [0.05, 0.1) is 11.1 Å². The van der Waals surface area contributed by atoms with E-state index in [9.17, 15) is 4.79 Å². The summed E-state index contributed by atoms with van der Waals surface area (Å²) in [7, 11) is 0. The van der Waals surface area contributed by atoms with Crippen LogP contribution in [0.1, 0.15) is 72.5 Å². The van der Waals surface area contributed by atoms with Crippen LogP contribution in [0.3, 0.4) is 0 Å². The number of rotatable bonds is 5. The number of hydrogen-bond acceptors (Lipinski definition) is 3. The first-order valence-electron chi connectivity index (χ1n) is 8.83. The van der Waals surface area contributed by atoms with Crippen LogP contribution in [0, 0.1) is 5.92 Å². The topological polar surface area (TPSA) is 29.5 Å². The Bertz CT molecular complexity index is 544. The molecule has 3 nitrogen and oxygen atoms in total. The van der Waals surface area contributed by atoms with Crippen molar-refractivity contribution >= 4 is 5.78 Å². The van der Waals surface area contributed by atoms with Crippen molar-refractivity contribution in [1.82, 2.24) is 5.06 Å². The molecule has 0 aromatic heterocycles. The molecule has 0 spiro atoms. The summed E-state index contributed by atoms with van der Waals surface area (Å²) in [5.74, 6) is 0.334. The van der Waals surface area contributed by atoms with Gasteiger partial charge in [-0.1, -0.05) is 51.1 Å². The van der Waals surface area contributed by atoms with Gasteiger partial charge in [-0.3, -0.25) is 9.63 Å². The first kappa shape index (κ1) is 18.2. The SMILES string of the molecule is CCC1(C)CC(=O)C(C)C(C)(CC)N1OC(C)c1ccccc1. The third kappa shape index (κ3) is 3.22. The maximum absolute atomic E-state index is 12.6. The standard InChI is InChI=1S/C20H31NO2/c1-7-19(5)14-18(22)15(3)20(6,8-2)21(19)23-16(4)17-12-10-9-11-13-17/h9-13,15-16H,7-8,14H2,1-6H3. The summed E-state index contributed by atoms with van der Waals surface area (Å²) in [6.07, 6.45) is 2.30. The third-order valence-electron chi connectivity index (χ3n) is 5.94. The van der Waals surface area contributed by atoms with E-state index in [-0.39, 0.29) is 23.1 Å². The Morgan fingerprint density at radius 2 is 1.83 bits per heavy atom. The third-order valence-corrected chi connectivity index (χ3v) is 5.94. The molecule has 1 aromatic carbocycles. The molecule has 3 heteroatoms. The van der Waals surface area contributed by atoms with Gasteiger partial charge < -0.3 is 0 Å². The number of Topliss-reactive ketones (excluding diaryl/α,β-unsaturated/α-hetero) is 1. The smallest absolute Gasteiger partial charge is 0.139 e. The van der Waals surface area contributed by atoms with Crippen LogP contribution < -0.4 is 0 Å². The molecule has 1 heterocycles. The minimum atomic E-state index is -0.275. The summed E-state index contributed by atoms with van der Waals surface area (Å²) >= 11 is 0. The monoisotopic (exact) mass is 317 g/mol. The van der Waals surface area contributed by atoms with Gasteiger partial charge in [0.2, 0.25) is 0 Å². The number of ketones is 1. The molecular weight excluding hydrogens is 286 g/mol. The van der Waals surface area contributed by atoms with Crippen molar-refractivity contribution in [3.8, 4) is 0 Å². The number of hydroxylamine groups is 2. The summed E-state index contributed by atoms with van der Waals surface area (Å²) in [5, 5.41) is 2.16. The maximum Gasteiger partial charge on any atom is 0.139 e. The Morgan fingerprint density at radius 1 is 1.22 bits per heavy atom. The van der Waals surface area contributed by atoms with Gasteiger partial charge in [0.15, 0.2) is 0 Å². The highest BCUT2D eigenvalue weighted by Gasteiger charge is 2.53. The quantitative estimate of drug-likeness (QED) is 0.771. The van der Waals surface area contributed by atoms with Crippen LogP contribution >= 0.6 is 0 Å². The van der Waals surface area contributed by atoms with Gasteiger partial charge in [-0.2, -0.15) is 5.06 Å². The zero-order valence-corrected chi connectivity index (χ0v) is 15.4. The number of benzene rings is 1. The van der Waals surface area contributed by atoms with Crippen molar-refractivity contribution in [3.05, 3.63) is 35.9 Å². The molecule has 128 valence electrons. The molecule has 4 unspecified atom stereocenters. The molecule has 0 amide bonds. The van der Waals surface area contributed by atoms with Gasteiger partial charge in [-0.05, 0) is 39.2 Å². The van der Waals surface area contributed by atoms with E-state index >= 15 is 0 Å². The van der Waals surface area contributed by atoms with Gasteiger partial charge in [0.25, 0.3) is 0 Å². The van der Waals surface area contributed by atoms with E-state index in [1.54, 1.807) is 0 Å². The molecule has 4 atom stereocenters. The summed E-state index contributed by atoms with van der Waals surface area (Å²) < 4.78 is 0. The highest BCUT2D eigenvalue weighted by atomic mass is 16.7. The van der Waals surface area contributed by atoms with Crippen LogP contribution in [-0.4, -0.2) is 21.9 Å². The van der Waals surface area contributed by atoms with Crippen molar-refractivity contribution in [3.63, 3.8) is 0 Å². The van der Waals surface area contributed by atoms with Gasteiger partial charge >= 0.3 is 0 Å². The Kier molecular flexibility index (Phi) is 5.32. The molecule has 0 aliphatic carbocycles. The molecule has 0 bridgehead atoms. The van der Waals surface area contributed by atoms with Crippen LogP contribution in [0.25, 0.3) is 0 Å². The molecule has 1 aliphatic heterocycles. The van der Waals surface area contributed by atoms with E-state index < -0.39 is 0 Å². The van der Waals surface area contributed by atoms with Crippen molar-refractivity contribution in [1.29, 1.82) is 0 Å². The molecular formula is C20H31NO2. The van der Waals surface area contributed by atoms with Crippen LogP contribution in [0.2, 0.25) is 0 Å². The molecule has 0 saturated carbocycles. The number of carbonyl (C=O) groups is 1. The van der Waals surface area contributed by atoms with Crippen LogP contribution in [0.4, 0.5) is 0 Å². The lowest BCUT2D eigenvalue weighted by molar-refractivity contribution is -0.315. The van der Waals surface area contributed by atoms with E-state index in [1.165, 1.54) is 0 Å². The average Bonchev–Trinajstić information content (AvgIpc) is 2.57. The predicted molar refractivity (Wildman–Crippen MR) is 94.0 cm³/mol. The molecule has 1 fully saturated rings. The van der Waals surface area contributed by atoms with E-state index in [0.717, 1.165) is 18.4 Å². The Labute approximate surface area is 141 Å². The van der Waals surface area contributed by atoms with Crippen molar-refractivity contribution < 1.29 is 9.63 Å². The minimum Gasteiger partial charge on any atom is -0.299 e. The largest absolute Gasteiger partial charge is 0.299 e. The molecule has 1 saturated heterocycles. The zero-order chi connectivity index (χ0) is 17.3. The molecule has 0 N–H and O–H groups in total. The Morgan fingerprint density at radius 3 is 2.35 bits per heavy atom. The highest BCUT2D eigenvalue weighted by Crippen LogP contribution is 2.45. The second-order valence-electron chi connectivity index (χ2n) is 7.38. The fourth-order valence-corrected chi connectivity index (χ4v) is 3.65. The lowest BCUT2D eigenvalue weighted by atomic mass is 9.70. The molecule has 1 aromatic rings. The van der Waals surface area contributed by atoms with E-state index in [2.05, 4.69) is 51.8 Å². The lowest BCUT2D eigenvalue weighted by Crippen LogP contribution is -2.66. The first-order valence-corrected chi connectivity index (χ1v) is 8.83. The summed E-state index contributed by atoms with van der Waals surface area (Å²) in [6.45, 7) is 12.7. The number of carbonyl (C=O) groups excluding carboxylic acids is 1. The molecule has 2 rings (SSSR count). The number of hydrogen-bond donors (Lipinski definition) is 0. The second kappa shape index (κ2) is 6.74. The Hall–Kier alpha value is -1.19. The predicted octanol–water partition coefficient (Wildman–Crippen LogP) is 4.93. The van der Waals surface area contributed by atoms with Gasteiger partial charge in [-0.15, -0.1) is 0 Å². The minimum absolute atomic E-state index is 0.0184. The fraction of sp³-hybridized carbons (Fsp3) is 0.650. The van der Waals surface area contributed by atoms with E-state index in [1.807, 2.05) is 25.1 Å². The van der Waals surface area contributed by atoms with Crippen molar-refractivity contribution in [2.75, 3.05) is 0 Å². The van der Waals surface area contributed by atoms with Gasteiger partial charge in [-0.25, -0.2) is 0 Å². The average molecular weight is 317 g/mol. The lowest BCUT2D eigenvalue weighted by Gasteiger charge is -2.56. The zero-order valence-electron chi connectivity index (χ0n) is 15.4. The summed E-state index contributed by atoms with van der Waals surface area (Å²) in [6, 6.07) is 10.3. The maximum atomic E-state index is 12.6. The normalized spacial score (nSPS) is 33.7.